The predicted octanol–water partition coefficient (Wildman–Crippen LogP) is 3.20. The van der Waals surface area contributed by atoms with Crippen molar-refractivity contribution >= 4 is 17.5 Å². The minimum Gasteiger partial charge on any atom is -0.482 e. The standard InChI is InChI=1S/C20H22N2O4/c23-18-13-26-16-10-5-4-9-15(16)22(18)19(17-11-6-12-25-17)20(24)21-14-7-2-1-3-8-14/h4-6,9-12,14,19H,1-3,7-8,13H2,(H,21,24). The molecule has 2 aromatic rings. The molecule has 136 valence electrons. The number of amides is 2. The number of fused-ring (bicyclic) bond motifs is 1. The first-order valence-corrected chi connectivity index (χ1v) is 9.12. The molecule has 1 unspecified atom stereocenters. The summed E-state index contributed by atoms with van der Waals surface area (Å²) in [6.07, 6.45) is 6.93. The lowest BCUT2D eigenvalue weighted by molar-refractivity contribution is -0.128. The van der Waals surface area contributed by atoms with Gasteiger partial charge in [0.1, 0.15) is 11.5 Å². The van der Waals surface area contributed by atoms with E-state index in [4.69, 9.17) is 9.15 Å². The van der Waals surface area contributed by atoms with Gasteiger partial charge in [0.15, 0.2) is 12.6 Å². The second kappa shape index (κ2) is 7.23. The van der Waals surface area contributed by atoms with Crippen molar-refractivity contribution in [2.24, 2.45) is 0 Å². The van der Waals surface area contributed by atoms with Crippen molar-refractivity contribution in [3.8, 4) is 5.75 Å². The Morgan fingerprint density at radius 3 is 2.69 bits per heavy atom. The van der Waals surface area contributed by atoms with Crippen molar-refractivity contribution in [3.05, 3.63) is 48.4 Å². The van der Waals surface area contributed by atoms with Gasteiger partial charge in [-0.2, -0.15) is 0 Å². The fraction of sp³-hybridized carbons (Fsp3) is 0.400. The number of hydrogen-bond acceptors (Lipinski definition) is 4. The van der Waals surface area contributed by atoms with Gasteiger partial charge < -0.3 is 14.5 Å². The first-order chi connectivity index (χ1) is 12.7. The molecule has 6 heteroatoms. The molecule has 0 radical (unpaired) electrons. The number of nitrogens with one attached hydrogen (secondary N) is 1. The molecule has 6 nitrogen and oxygen atoms in total. The Morgan fingerprint density at radius 1 is 1.12 bits per heavy atom. The molecule has 2 aliphatic rings. The maximum absolute atomic E-state index is 13.2. The number of furan rings is 1. The molecule has 1 N–H and O–H groups in total. The molecule has 0 spiro atoms. The molecule has 1 aliphatic heterocycles. The van der Waals surface area contributed by atoms with Gasteiger partial charge in [-0.1, -0.05) is 31.4 Å². The summed E-state index contributed by atoms with van der Waals surface area (Å²) in [7, 11) is 0. The third-order valence-corrected chi connectivity index (χ3v) is 5.02. The fourth-order valence-electron chi connectivity index (χ4n) is 3.75. The van der Waals surface area contributed by atoms with Crippen LogP contribution in [-0.2, 0) is 9.59 Å². The minimum absolute atomic E-state index is 0.0923. The maximum Gasteiger partial charge on any atom is 0.266 e. The van der Waals surface area contributed by atoms with Crippen molar-refractivity contribution in [1.82, 2.24) is 5.32 Å². The van der Waals surface area contributed by atoms with E-state index in [0.29, 0.717) is 17.2 Å². The van der Waals surface area contributed by atoms with Crippen molar-refractivity contribution in [2.75, 3.05) is 11.5 Å². The van der Waals surface area contributed by atoms with E-state index in [9.17, 15) is 9.59 Å². The summed E-state index contributed by atoms with van der Waals surface area (Å²) >= 11 is 0. The van der Waals surface area contributed by atoms with E-state index in [0.717, 1.165) is 25.7 Å². The Hall–Kier alpha value is -2.76. The van der Waals surface area contributed by atoms with Crippen LogP contribution in [0.1, 0.15) is 43.9 Å². The number of rotatable bonds is 4. The van der Waals surface area contributed by atoms with Crippen LogP contribution in [0.5, 0.6) is 5.75 Å². The van der Waals surface area contributed by atoms with E-state index in [1.165, 1.54) is 17.6 Å². The quantitative estimate of drug-likeness (QED) is 0.915. The van der Waals surface area contributed by atoms with Gasteiger partial charge >= 0.3 is 0 Å². The molecule has 1 aliphatic carbocycles. The smallest absolute Gasteiger partial charge is 0.266 e. The molecule has 1 aromatic carbocycles. The zero-order valence-electron chi connectivity index (χ0n) is 14.5. The molecular weight excluding hydrogens is 332 g/mol. The summed E-state index contributed by atoms with van der Waals surface area (Å²) in [6.45, 7) is -0.0923. The summed E-state index contributed by atoms with van der Waals surface area (Å²) in [5.41, 5.74) is 0.587. The van der Waals surface area contributed by atoms with E-state index in [-0.39, 0.29) is 24.5 Å². The summed E-state index contributed by atoms with van der Waals surface area (Å²) in [6, 6.07) is 10.0. The molecule has 26 heavy (non-hydrogen) atoms. The van der Waals surface area contributed by atoms with Crippen molar-refractivity contribution in [2.45, 2.75) is 44.2 Å². The summed E-state index contributed by atoms with van der Waals surface area (Å²) in [5, 5.41) is 3.12. The molecule has 4 rings (SSSR count). The van der Waals surface area contributed by atoms with E-state index >= 15 is 0 Å². The van der Waals surface area contributed by atoms with Crippen LogP contribution in [0.25, 0.3) is 0 Å². The number of ether oxygens (including phenoxy) is 1. The lowest BCUT2D eigenvalue weighted by atomic mass is 9.95. The van der Waals surface area contributed by atoms with Crippen LogP contribution >= 0.6 is 0 Å². The van der Waals surface area contributed by atoms with E-state index in [1.807, 2.05) is 12.1 Å². The first kappa shape index (κ1) is 16.7. The third-order valence-electron chi connectivity index (χ3n) is 5.02. The molecule has 1 saturated carbocycles. The SMILES string of the molecule is O=C(NC1CCCCC1)C(c1ccco1)N1C(=O)COc2ccccc21. The van der Waals surface area contributed by atoms with Gasteiger partial charge in [-0.15, -0.1) is 0 Å². The van der Waals surface area contributed by atoms with E-state index in [1.54, 1.807) is 24.3 Å². The summed E-state index contributed by atoms with van der Waals surface area (Å²) in [5.74, 6) is 0.568. The van der Waals surface area contributed by atoms with Gasteiger partial charge in [0.05, 0.1) is 12.0 Å². The van der Waals surface area contributed by atoms with Crippen LogP contribution in [0.4, 0.5) is 5.69 Å². The summed E-state index contributed by atoms with van der Waals surface area (Å²) in [4.78, 5) is 27.3. The number of para-hydroxylation sites is 2. The molecule has 1 aromatic heterocycles. The Labute approximate surface area is 152 Å². The highest BCUT2D eigenvalue weighted by molar-refractivity contribution is 6.04. The fourth-order valence-corrected chi connectivity index (χ4v) is 3.75. The van der Waals surface area contributed by atoms with Gasteiger partial charge in [-0.3, -0.25) is 14.5 Å². The van der Waals surface area contributed by atoms with Gasteiger partial charge in [0, 0.05) is 6.04 Å². The first-order valence-electron chi connectivity index (χ1n) is 9.12. The highest BCUT2D eigenvalue weighted by Gasteiger charge is 2.39. The molecule has 2 heterocycles. The highest BCUT2D eigenvalue weighted by atomic mass is 16.5. The average molecular weight is 354 g/mol. The molecule has 1 fully saturated rings. The lowest BCUT2D eigenvalue weighted by Crippen LogP contribution is -2.49. The van der Waals surface area contributed by atoms with Crippen LogP contribution in [0.15, 0.2) is 47.1 Å². The monoisotopic (exact) mass is 354 g/mol. The topological polar surface area (TPSA) is 71.8 Å². The van der Waals surface area contributed by atoms with E-state index < -0.39 is 6.04 Å². The maximum atomic E-state index is 13.2. The third kappa shape index (κ3) is 3.19. The number of nitrogens with zero attached hydrogens (tertiary/aromatic N) is 1. The normalized spacial score (nSPS) is 18.8. The van der Waals surface area contributed by atoms with Gasteiger partial charge in [0.2, 0.25) is 0 Å². The minimum atomic E-state index is -0.843. The Bertz CT molecular complexity index is 781. The lowest BCUT2D eigenvalue weighted by Gasteiger charge is -2.35. The second-order valence-corrected chi connectivity index (χ2v) is 6.78. The second-order valence-electron chi connectivity index (χ2n) is 6.78. The molecule has 0 bridgehead atoms. The number of benzene rings is 1. The number of carbonyl (C=O) groups is 2. The Kier molecular flexibility index (Phi) is 4.65. The number of carbonyl (C=O) groups excluding carboxylic acids is 2. The van der Waals surface area contributed by atoms with Gasteiger partial charge in [-0.05, 0) is 37.1 Å². The predicted molar refractivity (Wildman–Crippen MR) is 95.9 cm³/mol. The number of anilines is 1. The summed E-state index contributed by atoms with van der Waals surface area (Å²) < 4.78 is 11.0. The Morgan fingerprint density at radius 2 is 1.92 bits per heavy atom. The van der Waals surface area contributed by atoms with Crippen molar-refractivity contribution < 1.29 is 18.7 Å². The van der Waals surface area contributed by atoms with Crippen molar-refractivity contribution in [3.63, 3.8) is 0 Å². The molecule has 1 atom stereocenters. The molecule has 2 amide bonds. The van der Waals surface area contributed by atoms with Gasteiger partial charge in [-0.25, -0.2) is 0 Å². The van der Waals surface area contributed by atoms with Crippen molar-refractivity contribution in [1.29, 1.82) is 0 Å². The zero-order valence-corrected chi connectivity index (χ0v) is 14.5. The molecule has 0 saturated heterocycles. The zero-order chi connectivity index (χ0) is 17.9. The van der Waals surface area contributed by atoms with E-state index in [2.05, 4.69) is 5.32 Å². The van der Waals surface area contributed by atoms with Crippen LogP contribution in [0.2, 0.25) is 0 Å². The van der Waals surface area contributed by atoms with Crippen LogP contribution < -0.4 is 15.0 Å². The van der Waals surface area contributed by atoms with Gasteiger partial charge in [0.25, 0.3) is 11.8 Å². The Balaban J connectivity index is 1.67. The van der Waals surface area contributed by atoms with Crippen LogP contribution in [0.3, 0.4) is 0 Å². The number of hydrogen-bond donors (Lipinski definition) is 1. The highest BCUT2D eigenvalue weighted by Crippen LogP contribution is 2.37. The van der Waals surface area contributed by atoms with Crippen LogP contribution in [0, 0.1) is 0 Å². The van der Waals surface area contributed by atoms with Crippen LogP contribution in [-0.4, -0.2) is 24.5 Å². The average Bonchev–Trinajstić information content (AvgIpc) is 3.19. The largest absolute Gasteiger partial charge is 0.482 e. The molecular formula is C20H22N2O4.